The zero-order chi connectivity index (χ0) is 30.3. The predicted octanol–water partition coefficient (Wildman–Crippen LogP) is 5.09. The largest absolute Gasteiger partial charge is 0.330 e. The van der Waals surface area contributed by atoms with Gasteiger partial charge in [-0.2, -0.15) is 5.10 Å². The molecule has 0 bridgehead atoms. The van der Waals surface area contributed by atoms with E-state index >= 15 is 0 Å². The molecule has 5 rings (SSSR count). The Labute approximate surface area is 250 Å². The Morgan fingerprint density at radius 1 is 0.977 bits per heavy atom. The van der Waals surface area contributed by atoms with E-state index in [1.165, 1.54) is 6.08 Å². The number of likely N-dealkylation sites (N-methyl/N-ethyl adjacent to an activating group) is 1. The third-order valence-corrected chi connectivity index (χ3v) is 7.20. The quantitative estimate of drug-likeness (QED) is 0.206. The van der Waals surface area contributed by atoms with Crippen LogP contribution in [0.1, 0.15) is 51.7 Å². The molecular formula is C33H35N7O3. The standard InChI is InChI=1S/C33H35N7O3/c1-4-11-28(41)34-25-18-16-24(17-19-25)32(42)36-31-26-20-40(30(29(26)37-38-31)23-14-9-6-10-15-23)33(43)35-27(21-39(2)3)22-12-7-5-8-13-22/h4-19,27,30H,20-21H2,1-3H3,(H,34,41)(H,35,43)(H2,36,37,38,42)/b11-4+/t27-,30-/m1/s1. The summed E-state index contributed by atoms with van der Waals surface area (Å²) in [6.07, 6.45) is 3.08. The summed E-state index contributed by atoms with van der Waals surface area (Å²) < 4.78 is 0. The number of rotatable bonds is 9. The molecule has 0 radical (unpaired) electrons. The van der Waals surface area contributed by atoms with Gasteiger partial charge in [0.2, 0.25) is 5.91 Å². The highest BCUT2D eigenvalue weighted by atomic mass is 16.2. The van der Waals surface area contributed by atoms with Crippen molar-refractivity contribution in [2.75, 3.05) is 31.3 Å². The van der Waals surface area contributed by atoms with Crippen LogP contribution in [0, 0.1) is 0 Å². The van der Waals surface area contributed by atoms with Gasteiger partial charge >= 0.3 is 6.03 Å². The fraction of sp³-hybridized carbons (Fsp3) is 0.212. The number of H-pyrrole nitrogens is 1. The van der Waals surface area contributed by atoms with E-state index in [0.29, 0.717) is 23.6 Å². The lowest BCUT2D eigenvalue weighted by molar-refractivity contribution is -0.111. The summed E-state index contributed by atoms with van der Waals surface area (Å²) in [4.78, 5) is 42.7. The summed E-state index contributed by atoms with van der Waals surface area (Å²) in [5.41, 5.74) is 4.43. The van der Waals surface area contributed by atoms with Gasteiger partial charge in [0.25, 0.3) is 5.91 Å². The first kappa shape index (κ1) is 29.3. The van der Waals surface area contributed by atoms with Gasteiger partial charge in [0, 0.05) is 23.4 Å². The second kappa shape index (κ2) is 13.2. The SMILES string of the molecule is C/C=C/C(=O)Nc1ccc(C(=O)Nc2n[nH]c3c2CN(C(=O)N[C@H](CN(C)C)c2ccccc2)[C@@H]3c2ccccc2)cc1. The molecule has 0 fully saturated rings. The van der Waals surface area contributed by atoms with Crippen LogP contribution in [0.25, 0.3) is 0 Å². The van der Waals surface area contributed by atoms with Gasteiger partial charge in [-0.3, -0.25) is 14.7 Å². The lowest BCUT2D eigenvalue weighted by Crippen LogP contribution is -2.43. The van der Waals surface area contributed by atoms with Crippen LogP contribution in [0.4, 0.5) is 16.3 Å². The van der Waals surface area contributed by atoms with Gasteiger partial charge in [-0.1, -0.05) is 66.7 Å². The van der Waals surface area contributed by atoms with Gasteiger partial charge in [-0.15, -0.1) is 0 Å². The molecule has 4 N–H and O–H groups in total. The van der Waals surface area contributed by atoms with Crippen molar-refractivity contribution in [1.82, 2.24) is 25.3 Å². The highest BCUT2D eigenvalue weighted by molar-refractivity contribution is 6.05. The Kier molecular flexibility index (Phi) is 8.97. The number of hydrogen-bond donors (Lipinski definition) is 4. The van der Waals surface area contributed by atoms with Crippen LogP contribution in [-0.2, 0) is 11.3 Å². The Morgan fingerprint density at radius 3 is 2.30 bits per heavy atom. The van der Waals surface area contributed by atoms with Crippen molar-refractivity contribution >= 4 is 29.4 Å². The van der Waals surface area contributed by atoms with Gasteiger partial charge in [0.15, 0.2) is 5.82 Å². The number of nitrogens with one attached hydrogen (secondary N) is 4. The number of urea groups is 1. The third kappa shape index (κ3) is 6.82. The fourth-order valence-corrected chi connectivity index (χ4v) is 5.19. The molecule has 1 aliphatic heterocycles. The molecule has 4 amide bonds. The molecule has 0 unspecified atom stereocenters. The highest BCUT2D eigenvalue weighted by Gasteiger charge is 2.39. The molecule has 4 aromatic rings. The second-order valence-corrected chi connectivity index (χ2v) is 10.6. The van der Waals surface area contributed by atoms with E-state index in [1.807, 2.05) is 79.7 Å². The second-order valence-electron chi connectivity index (χ2n) is 10.6. The maximum absolute atomic E-state index is 13.9. The summed E-state index contributed by atoms with van der Waals surface area (Å²) in [5, 5.41) is 16.4. The van der Waals surface area contributed by atoms with Crippen molar-refractivity contribution in [1.29, 1.82) is 0 Å². The molecule has 220 valence electrons. The maximum Gasteiger partial charge on any atom is 0.319 e. The van der Waals surface area contributed by atoms with Gasteiger partial charge < -0.3 is 25.8 Å². The molecule has 0 saturated carbocycles. The average Bonchev–Trinajstić information content (AvgIpc) is 3.58. The van der Waals surface area contributed by atoms with Crippen LogP contribution in [0.2, 0.25) is 0 Å². The average molecular weight is 578 g/mol. The molecule has 0 aliphatic carbocycles. The minimum Gasteiger partial charge on any atom is -0.330 e. The normalized spacial score (nSPS) is 14.9. The van der Waals surface area contributed by atoms with Crippen molar-refractivity contribution in [3.8, 4) is 0 Å². The first-order valence-electron chi connectivity index (χ1n) is 14.1. The Hall–Kier alpha value is -5.22. The molecule has 2 atom stereocenters. The van der Waals surface area contributed by atoms with Crippen LogP contribution in [-0.4, -0.2) is 58.5 Å². The smallest absolute Gasteiger partial charge is 0.319 e. The Morgan fingerprint density at radius 2 is 1.65 bits per heavy atom. The molecule has 10 nitrogen and oxygen atoms in total. The molecule has 1 aliphatic rings. The van der Waals surface area contributed by atoms with Gasteiger partial charge in [0.05, 0.1) is 18.3 Å². The Bertz CT molecular complexity index is 1600. The summed E-state index contributed by atoms with van der Waals surface area (Å²) in [7, 11) is 3.95. The van der Waals surface area contributed by atoms with E-state index < -0.39 is 6.04 Å². The lowest BCUT2D eigenvalue weighted by atomic mass is 10.0. The number of hydrogen-bond acceptors (Lipinski definition) is 5. The van der Waals surface area contributed by atoms with Crippen molar-refractivity contribution < 1.29 is 14.4 Å². The van der Waals surface area contributed by atoms with Crippen LogP contribution in [0.5, 0.6) is 0 Å². The molecule has 43 heavy (non-hydrogen) atoms. The van der Waals surface area contributed by atoms with E-state index in [4.69, 9.17) is 0 Å². The number of benzene rings is 3. The fourth-order valence-electron chi connectivity index (χ4n) is 5.19. The van der Waals surface area contributed by atoms with Crippen molar-refractivity contribution in [3.05, 3.63) is 125 Å². The molecule has 0 saturated heterocycles. The number of anilines is 2. The number of amides is 4. The highest BCUT2D eigenvalue weighted by Crippen LogP contribution is 2.40. The van der Waals surface area contributed by atoms with Gasteiger partial charge in [0.1, 0.15) is 6.04 Å². The molecule has 2 heterocycles. The number of aromatic nitrogens is 2. The first-order chi connectivity index (χ1) is 20.8. The van der Waals surface area contributed by atoms with Crippen LogP contribution >= 0.6 is 0 Å². The van der Waals surface area contributed by atoms with E-state index in [9.17, 15) is 14.4 Å². The van der Waals surface area contributed by atoms with E-state index in [-0.39, 0.29) is 30.4 Å². The Balaban J connectivity index is 1.37. The summed E-state index contributed by atoms with van der Waals surface area (Å²) in [5.74, 6) is -0.227. The van der Waals surface area contributed by atoms with E-state index in [1.54, 1.807) is 42.2 Å². The van der Waals surface area contributed by atoms with Crippen molar-refractivity contribution in [3.63, 3.8) is 0 Å². The summed E-state index contributed by atoms with van der Waals surface area (Å²) >= 11 is 0. The van der Waals surface area contributed by atoms with Crippen molar-refractivity contribution in [2.45, 2.75) is 25.6 Å². The zero-order valence-electron chi connectivity index (χ0n) is 24.4. The van der Waals surface area contributed by atoms with Gasteiger partial charge in [-0.25, -0.2) is 4.79 Å². The number of aromatic amines is 1. The van der Waals surface area contributed by atoms with E-state index in [0.717, 1.165) is 22.4 Å². The summed E-state index contributed by atoms with van der Waals surface area (Å²) in [6.45, 7) is 2.65. The number of nitrogens with zero attached hydrogens (tertiary/aromatic N) is 3. The molecular weight excluding hydrogens is 542 g/mol. The van der Waals surface area contributed by atoms with Crippen molar-refractivity contribution in [2.24, 2.45) is 0 Å². The topological polar surface area (TPSA) is 122 Å². The lowest BCUT2D eigenvalue weighted by Gasteiger charge is -2.29. The minimum absolute atomic E-state index is 0.220. The molecule has 1 aromatic heterocycles. The maximum atomic E-state index is 13.9. The van der Waals surface area contributed by atoms with Crippen LogP contribution in [0.3, 0.4) is 0 Å². The molecule has 3 aromatic carbocycles. The number of carbonyl (C=O) groups is 3. The third-order valence-electron chi connectivity index (χ3n) is 7.20. The summed E-state index contributed by atoms with van der Waals surface area (Å²) in [6, 6.07) is 25.4. The number of allylic oxidation sites excluding steroid dienone is 1. The van der Waals surface area contributed by atoms with Gasteiger partial charge in [-0.05, 0) is 62.5 Å². The molecule has 0 spiro atoms. The first-order valence-corrected chi connectivity index (χ1v) is 14.1. The number of carbonyl (C=O) groups excluding carboxylic acids is 3. The van der Waals surface area contributed by atoms with Crippen LogP contribution in [0.15, 0.2) is 97.1 Å². The van der Waals surface area contributed by atoms with Crippen LogP contribution < -0.4 is 16.0 Å². The predicted molar refractivity (Wildman–Crippen MR) is 167 cm³/mol. The van der Waals surface area contributed by atoms with E-state index in [2.05, 4.69) is 26.1 Å². The zero-order valence-corrected chi connectivity index (χ0v) is 24.4. The monoisotopic (exact) mass is 577 g/mol. The minimum atomic E-state index is -0.412. The number of fused-ring (bicyclic) bond motifs is 1. The molecule has 10 heteroatoms.